The van der Waals surface area contributed by atoms with Crippen LogP contribution in [0.4, 0.5) is 22.0 Å². The highest BCUT2D eigenvalue weighted by Gasteiger charge is 2.46. The molecule has 0 aliphatic carbocycles. The Balaban J connectivity index is 3.99. The first-order valence-corrected chi connectivity index (χ1v) is 2.84. The molecule has 68 valence electrons. The van der Waals surface area contributed by atoms with Gasteiger partial charge in [0.1, 0.15) is 0 Å². The van der Waals surface area contributed by atoms with Crippen molar-refractivity contribution in [3.8, 4) is 0 Å². The minimum absolute atomic E-state index is 2.87. The maximum absolute atomic E-state index is 11.7. The Labute approximate surface area is 68.0 Å². The maximum Gasteiger partial charge on any atom is 0.445 e. The second-order valence-electron chi connectivity index (χ2n) is 1.42. The molecule has 1 nitrogen and oxygen atoms in total. The highest BCUT2D eigenvalue weighted by molar-refractivity contribution is 6.45. The van der Waals surface area contributed by atoms with Crippen molar-refractivity contribution in [3.63, 3.8) is 0 Å². The molecule has 0 spiro atoms. The monoisotopic (exact) mass is 218 g/mol. The van der Waals surface area contributed by atoms with E-state index in [0.717, 1.165) is 0 Å². The van der Waals surface area contributed by atoms with Gasteiger partial charge in [-0.3, -0.25) is 4.74 Å². The van der Waals surface area contributed by atoms with Gasteiger partial charge in [0.05, 0.1) is 0 Å². The highest BCUT2D eigenvalue weighted by atomic mass is 35.5. The van der Waals surface area contributed by atoms with Crippen LogP contribution in [0, 0.1) is 0 Å². The third kappa shape index (κ3) is 5.46. The van der Waals surface area contributed by atoms with Crippen molar-refractivity contribution in [2.75, 3.05) is 0 Å². The lowest BCUT2D eigenvalue weighted by Crippen LogP contribution is -2.31. The van der Waals surface area contributed by atoms with Crippen LogP contribution in [0.25, 0.3) is 0 Å². The number of alkyl halides is 7. The summed E-state index contributed by atoms with van der Waals surface area (Å²) in [7, 11) is 0. The summed E-state index contributed by atoms with van der Waals surface area (Å²) >= 11 is 8.54. The Hall–Kier alpha value is 0.190. The van der Waals surface area contributed by atoms with Gasteiger partial charge in [0, 0.05) is 0 Å². The van der Waals surface area contributed by atoms with E-state index in [0.29, 0.717) is 0 Å². The topological polar surface area (TPSA) is 9.23 Å². The van der Waals surface area contributed by atoms with Crippen molar-refractivity contribution >= 4 is 23.2 Å². The number of ether oxygens (including phenoxy) is 1. The zero-order valence-corrected chi connectivity index (χ0v) is 6.14. The third-order valence-corrected chi connectivity index (χ3v) is 0.673. The zero-order chi connectivity index (χ0) is 9.28. The van der Waals surface area contributed by atoms with Crippen LogP contribution in [0.2, 0.25) is 0 Å². The average Bonchev–Trinajstić information content (AvgIpc) is 1.56. The minimum atomic E-state index is -5.33. The van der Waals surface area contributed by atoms with Crippen LogP contribution in [-0.2, 0) is 4.74 Å². The summed E-state index contributed by atoms with van der Waals surface area (Å²) in [6, 6.07) is 0. The van der Waals surface area contributed by atoms with Crippen LogP contribution in [0.1, 0.15) is 0 Å². The Morgan fingerprint density at radius 2 is 1.45 bits per heavy atom. The molecule has 1 unspecified atom stereocenters. The van der Waals surface area contributed by atoms with Gasteiger partial charge in [0.2, 0.25) is 0 Å². The van der Waals surface area contributed by atoms with E-state index in [1.54, 1.807) is 0 Å². The van der Waals surface area contributed by atoms with E-state index in [4.69, 9.17) is 0 Å². The van der Waals surface area contributed by atoms with E-state index < -0.39 is 17.3 Å². The van der Waals surface area contributed by atoms with Gasteiger partial charge in [-0.2, -0.15) is 17.6 Å². The smallest absolute Gasteiger partial charge is 0.278 e. The predicted octanol–water partition coefficient (Wildman–Crippen LogP) is 2.92. The molecule has 0 aromatic heterocycles. The standard InChI is InChI=1S/C3HCl2F5O/c4-3(5,10)11-1(6)2(7,8)9/h1H. The molecular formula is C3HCl2F5O. The van der Waals surface area contributed by atoms with Gasteiger partial charge in [0.15, 0.2) is 0 Å². The fourth-order valence-corrected chi connectivity index (χ4v) is 0.341. The molecule has 8 heteroatoms. The van der Waals surface area contributed by atoms with Crippen molar-refractivity contribution in [2.24, 2.45) is 0 Å². The van der Waals surface area contributed by atoms with Gasteiger partial charge in [-0.15, -0.1) is 0 Å². The first-order valence-electron chi connectivity index (χ1n) is 2.08. The molecule has 0 amide bonds. The fraction of sp³-hybridized carbons (Fsp3) is 1.00. The van der Waals surface area contributed by atoms with Crippen molar-refractivity contribution < 1.29 is 26.7 Å². The normalized spacial score (nSPS) is 16.6. The number of hydrogen-bond acceptors (Lipinski definition) is 1. The maximum atomic E-state index is 11.7. The molecule has 0 aromatic rings. The summed E-state index contributed by atoms with van der Waals surface area (Å²) < 4.78 is 56.2. The third-order valence-electron chi connectivity index (χ3n) is 0.494. The Morgan fingerprint density at radius 1 is 1.09 bits per heavy atom. The molecule has 0 bridgehead atoms. The largest absolute Gasteiger partial charge is 0.445 e. The lowest BCUT2D eigenvalue weighted by atomic mass is 10.7. The molecule has 0 aliphatic rings. The zero-order valence-electron chi connectivity index (χ0n) is 4.63. The summed E-state index contributed by atoms with van der Waals surface area (Å²) in [6.07, 6.45) is -9.16. The summed E-state index contributed by atoms with van der Waals surface area (Å²) in [5, 5.41) is 0. The van der Waals surface area contributed by atoms with Crippen molar-refractivity contribution in [1.82, 2.24) is 0 Å². The average molecular weight is 219 g/mol. The fourth-order valence-electron chi connectivity index (χ4n) is 0.184. The lowest BCUT2D eigenvalue weighted by molar-refractivity contribution is -0.287. The van der Waals surface area contributed by atoms with Gasteiger partial charge in [-0.25, -0.2) is 4.39 Å². The van der Waals surface area contributed by atoms with Crippen molar-refractivity contribution in [2.45, 2.75) is 17.3 Å². The molecule has 0 heterocycles. The van der Waals surface area contributed by atoms with E-state index in [1.165, 1.54) is 0 Å². The van der Waals surface area contributed by atoms with Gasteiger partial charge in [-0.05, 0) is 23.2 Å². The van der Waals surface area contributed by atoms with Gasteiger partial charge < -0.3 is 0 Å². The molecule has 1 atom stereocenters. The summed E-state index contributed by atoms with van der Waals surface area (Å²) in [6.45, 7) is 0. The highest BCUT2D eigenvalue weighted by Crippen LogP contribution is 2.32. The second-order valence-corrected chi connectivity index (χ2v) is 2.59. The van der Waals surface area contributed by atoms with E-state index in [9.17, 15) is 22.0 Å². The van der Waals surface area contributed by atoms with Crippen molar-refractivity contribution in [3.05, 3.63) is 0 Å². The van der Waals surface area contributed by atoms with E-state index >= 15 is 0 Å². The van der Waals surface area contributed by atoms with Gasteiger partial charge in [0.25, 0.3) is 6.36 Å². The minimum Gasteiger partial charge on any atom is -0.278 e. The Morgan fingerprint density at radius 3 is 1.55 bits per heavy atom. The number of halogens is 7. The summed E-state index contributed by atoms with van der Waals surface area (Å²) in [5.74, 6) is 0. The lowest BCUT2D eigenvalue weighted by Gasteiger charge is -2.16. The van der Waals surface area contributed by atoms with E-state index in [-0.39, 0.29) is 0 Å². The first-order chi connectivity index (χ1) is 4.63. The molecule has 0 fully saturated rings. The van der Waals surface area contributed by atoms with Crippen molar-refractivity contribution in [1.29, 1.82) is 0 Å². The summed E-state index contributed by atoms with van der Waals surface area (Å²) in [4.78, 5) is 0. The van der Waals surface area contributed by atoms with E-state index in [2.05, 4.69) is 27.9 Å². The van der Waals surface area contributed by atoms with Crippen LogP contribution in [0.15, 0.2) is 0 Å². The Kier molecular flexibility index (Phi) is 3.34. The molecule has 0 N–H and O–H groups in total. The van der Waals surface area contributed by atoms with Gasteiger partial charge >= 0.3 is 10.9 Å². The molecule has 0 aromatic carbocycles. The second kappa shape index (κ2) is 3.28. The number of rotatable bonds is 2. The molecule has 0 saturated heterocycles. The molecule has 0 rings (SSSR count). The van der Waals surface area contributed by atoms with Crippen LogP contribution in [0.3, 0.4) is 0 Å². The molecule has 0 saturated carbocycles. The molecule has 11 heavy (non-hydrogen) atoms. The predicted molar refractivity (Wildman–Crippen MR) is 27.6 cm³/mol. The van der Waals surface area contributed by atoms with Crippen LogP contribution in [0.5, 0.6) is 0 Å². The summed E-state index contributed by atoms with van der Waals surface area (Å²) in [5.41, 5.74) is 0. The van der Waals surface area contributed by atoms with Crippen LogP contribution >= 0.6 is 23.2 Å². The Bertz CT molecular complexity index is 129. The molecule has 0 aliphatic heterocycles. The quantitative estimate of drug-likeness (QED) is 0.512. The van der Waals surface area contributed by atoms with E-state index in [1.807, 2.05) is 0 Å². The van der Waals surface area contributed by atoms with Crippen LogP contribution < -0.4 is 0 Å². The first kappa shape index (κ1) is 11.2. The molecule has 0 radical (unpaired) electrons. The molecular weight excluding hydrogens is 218 g/mol. The SMILES string of the molecule is FC(OC(F)(Cl)Cl)C(F)(F)F. The van der Waals surface area contributed by atoms with Crippen LogP contribution in [-0.4, -0.2) is 17.3 Å². The number of hydrogen-bond donors (Lipinski definition) is 0. The van der Waals surface area contributed by atoms with Gasteiger partial charge in [-0.1, -0.05) is 0 Å².